The first-order valence-corrected chi connectivity index (χ1v) is 12.0. The van der Waals surface area contributed by atoms with Crippen molar-refractivity contribution < 1.29 is 17.6 Å². The molecule has 0 bridgehead atoms. The standard InChI is InChI=1S/C23H25FN4O3S/c1-17-25-11-14-28(17)21-10-9-18(15-20(21)24)16-26-23(29)19-7-3-4-8-22(19)32(30,31)27-12-5-2-6-13-27/h3-4,7-11,14-15H,2,5-6,12-13,16H2,1H3,(H,26,29). The second kappa shape index (κ2) is 9.22. The highest BCUT2D eigenvalue weighted by Crippen LogP contribution is 2.24. The minimum Gasteiger partial charge on any atom is -0.348 e. The molecular formula is C23H25FN4O3S. The topological polar surface area (TPSA) is 84.3 Å². The van der Waals surface area contributed by atoms with Gasteiger partial charge in [0.25, 0.3) is 5.91 Å². The molecule has 3 aromatic rings. The number of hydrogen-bond donors (Lipinski definition) is 1. The number of nitrogens with zero attached hydrogens (tertiary/aromatic N) is 3. The van der Waals surface area contributed by atoms with Crippen LogP contribution in [0.25, 0.3) is 5.69 Å². The summed E-state index contributed by atoms with van der Waals surface area (Å²) in [6.07, 6.45) is 5.90. The highest BCUT2D eigenvalue weighted by molar-refractivity contribution is 7.89. The molecule has 0 radical (unpaired) electrons. The van der Waals surface area contributed by atoms with Gasteiger partial charge in [-0.2, -0.15) is 4.31 Å². The van der Waals surface area contributed by atoms with E-state index in [1.807, 2.05) is 0 Å². The minimum absolute atomic E-state index is 0.00323. The normalized spacial score (nSPS) is 14.9. The first-order chi connectivity index (χ1) is 15.4. The van der Waals surface area contributed by atoms with E-state index in [2.05, 4.69) is 10.3 Å². The van der Waals surface area contributed by atoms with Crippen LogP contribution in [0.2, 0.25) is 0 Å². The van der Waals surface area contributed by atoms with E-state index in [9.17, 15) is 17.6 Å². The molecule has 1 aromatic heterocycles. The molecular weight excluding hydrogens is 431 g/mol. The van der Waals surface area contributed by atoms with Gasteiger partial charge in [0, 0.05) is 32.0 Å². The lowest BCUT2D eigenvalue weighted by molar-refractivity contribution is 0.0947. The van der Waals surface area contributed by atoms with Gasteiger partial charge in [-0.1, -0.05) is 24.6 Å². The average Bonchev–Trinajstić information content (AvgIpc) is 3.23. The predicted octanol–water partition coefficient (Wildman–Crippen LogP) is 3.42. The Morgan fingerprint density at radius 1 is 1.12 bits per heavy atom. The Hall–Kier alpha value is -3.04. The minimum atomic E-state index is -3.76. The van der Waals surface area contributed by atoms with Gasteiger partial charge in [0.2, 0.25) is 10.0 Å². The van der Waals surface area contributed by atoms with Crippen LogP contribution in [0.15, 0.2) is 59.8 Å². The van der Waals surface area contributed by atoms with Crippen LogP contribution in [-0.2, 0) is 16.6 Å². The second-order valence-electron chi connectivity index (χ2n) is 7.77. The summed E-state index contributed by atoms with van der Waals surface area (Å²) < 4.78 is 43.9. The van der Waals surface area contributed by atoms with Gasteiger partial charge in [-0.3, -0.25) is 4.79 Å². The number of piperidine rings is 1. The summed E-state index contributed by atoms with van der Waals surface area (Å²) in [6.45, 7) is 2.76. The number of halogens is 1. The molecule has 1 aliphatic rings. The van der Waals surface area contributed by atoms with Gasteiger partial charge in [0.05, 0.1) is 16.1 Å². The maximum atomic E-state index is 14.6. The van der Waals surface area contributed by atoms with Crippen molar-refractivity contribution in [3.8, 4) is 5.69 Å². The highest BCUT2D eigenvalue weighted by atomic mass is 32.2. The largest absolute Gasteiger partial charge is 0.348 e. The lowest BCUT2D eigenvalue weighted by Crippen LogP contribution is -2.37. The zero-order chi connectivity index (χ0) is 22.7. The maximum Gasteiger partial charge on any atom is 0.252 e. The van der Waals surface area contributed by atoms with E-state index in [-0.39, 0.29) is 17.0 Å². The third kappa shape index (κ3) is 4.44. The highest BCUT2D eigenvalue weighted by Gasteiger charge is 2.29. The van der Waals surface area contributed by atoms with E-state index < -0.39 is 21.7 Å². The number of rotatable bonds is 6. The van der Waals surface area contributed by atoms with Crippen LogP contribution >= 0.6 is 0 Å². The third-order valence-corrected chi connectivity index (χ3v) is 7.57. The summed E-state index contributed by atoms with van der Waals surface area (Å²) in [6, 6.07) is 10.9. The van der Waals surface area contributed by atoms with Crippen molar-refractivity contribution >= 4 is 15.9 Å². The third-order valence-electron chi connectivity index (χ3n) is 5.61. The Morgan fingerprint density at radius 2 is 1.88 bits per heavy atom. The summed E-state index contributed by atoms with van der Waals surface area (Å²) in [4.78, 5) is 16.9. The SMILES string of the molecule is Cc1nccn1-c1ccc(CNC(=O)c2ccccc2S(=O)(=O)N2CCCCC2)cc1F. The molecule has 2 heterocycles. The van der Waals surface area contributed by atoms with E-state index in [0.717, 1.165) is 19.3 Å². The van der Waals surface area contributed by atoms with Crippen molar-refractivity contribution in [3.05, 3.63) is 77.6 Å². The zero-order valence-electron chi connectivity index (χ0n) is 17.8. The second-order valence-corrected chi connectivity index (χ2v) is 9.68. The summed E-state index contributed by atoms with van der Waals surface area (Å²) in [5, 5.41) is 2.72. The molecule has 1 fully saturated rings. The van der Waals surface area contributed by atoms with Crippen molar-refractivity contribution in [2.24, 2.45) is 0 Å². The lowest BCUT2D eigenvalue weighted by Gasteiger charge is -2.26. The molecule has 9 heteroatoms. The lowest BCUT2D eigenvalue weighted by atomic mass is 10.1. The van der Waals surface area contributed by atoms with Gasteiger partial charge in [-0.05, 0) is 49.6 Å². The smallest absolute Gasteiger partial charge is 0.252 e. The molecule has 1 aliphatic heterocycles. The molecule has 2 aromatic carbocycles. The molecule has 0 atom stereocenters. The van der Waals surface area contributed by atoms with Crippen LogP contribution in [0.5, 0.6) is 0 Å². The molecule has 0 aliphatic carbocycles. The quantitative estimate of drug-likeness (QED) is 0.616. The van der Waals surface area contributed by atoms with Gasteiger partial charge in [0.15, 0.2) is 0 Å². The Balaban J connectivity index is 1.51. The number of amides is 1. The fourth-order valence-electron chi connectivity index (χ4n) is 3.89. The van der Waals surface area contributed by atoms with Crippen molar-refractivity contribution in [1.29, 1.82) is 0 Å². The van der Waals surface area contributed by atoms with Gasteiger partial charge < -0.3 is 9.88 Å². The monoisotopic (exact) mass is 456 g/mol. The number of sulfonamides is 1. The molecule has 168 valence electrons. The van der Waals surface area contributed by atoms with Crippen LogP contribution in [0.3, 0.4) is 0 Å². The Kier molecular flexibility index (Phi) is 6.38. The van der Waals surface area contributed by atoms with Crippen LogP contribution in [0.1, 0.15) is 41.0 Å². The van der Waals surface area contributed by atoms with Crippen molar-refractivity contribution in [3.63, 3.8) is 0 Å². The zero-order valence-corrected chi connectivity index (χ0v) is 18.6. The predicted molar refractivity (Wildman–Crippen MR) is 118 cm³/mol. The molecule has 1 N–H and O–H groups in total. The van der Waals surface area contributed by atoms with Gasteiger partial charge in [0.1, 0.15) is 11.6 Å². The summed E-state index contributed by atoms with van der Waals surface area (Å²) >= 11 is 0. The summed E-state index contributed by atoms with van der Waals surface area (Å²) in [5.41, 5.74) is 1.02. The van der Waals surface area contributed by atoms with Crippen molar-refractivity contribution in [2.45, 2.75) is 37.6 Å². The summed E-state index contributed by atoms with van der Waals surface area (Å²) in [5.74, 6) is -0.293. The average molecular weight is 457 g/mol. The van der Waals surface area contributed by atoms with Crippen molar-refractivity contribution in [1.82, 2.24) is 19.2 Å². The van der Waals surface area contributed by atoms with Crippen LogP contribution in [-0.4, -0.2) is 41.3 Å². The number of carbonyl (C=O) groups excluding carboxylic acids is 1. The molecule has 4 rings (SSSR count). The fraction of sp³-hybridized carbons (Fsp3) is 0.304. The van der Waals surface area contributed by atoms with E-state index in [1.165, 1.54) is 22.5 Å². The number of imidazole rings is 1. The van der Waals surface area contributed by atoms with Crippen molar-refractivity contribution in [2.75, 3.05) is 13.1 Å². The van der Waals surface area contributed by atoms with E-state index in [1.54, 1.807) is 48.1 Å². The maximum absolute atomic E-state index is 14.6. The molecule has 0 saturated carbocycles. The molecule has 32 heavy (non-hydrogen) atoms. The Bertz CT molecular complexity index is 1230. The number of benzene rings is 2. The van der Waals surface area contributed by atoms with E-state index in [0.29, 0.717) is 30.2 Å². The summed E-state index contributed by atoms with van der Waals surface area (Å²) in [7, 11) is -3.76. The molecule has 1 saturated heterocycles. The number of aryl methyl sites for hydroxylation is 1. The van der Waals surface area contributed by atoms with E-state index >= 15 is 0 Å². The Morgan fingerprint density at radius 3 is 2.56 bits per heavy atom. The number of hydrogen-bond acceptors (Lipinski definition) is 4. The molecule has 7 nitrogen and oxygen atoms in total. The first kappa shape index (κ1) is 22.2. The van der Waals surface area contributed by atoms with E-state index in [4.69, 9.17) is 0 Å². The van der Waals surface area contributed by atoms with Crippen LogP contribution in [0.4, 0.5) is 4.39 Å². The number of aromatic nitrogens is 2. The van der Waals surface area contributed by atoms with Gasteiger partial charge in [-0.15, -0.1) is 0 Å². The molecule has 1 amide bonds. The van der Waals surface area contributed by atoms with Gasteiger partial charge >= 0.3 is 0 Å². The molecule has 0 unspecified atom stereocenters. The molecule has 0 spiro atoms. The fourth-order valence-corrected chi connectivity index (χ4v) is 5.60. The number of nitrogens with one attached hydrogen (secondary N) is 1. The number of carbonyl (C=O) groups is 1. The van der Waals surface area contributed by atoms with Crippen LogP contribution < -0.4 is 5.32 Å². The van der Waals surface area contributed by atoms with Gasteiger partial charge in [-0.25, -0.2) is 17.8 Å². The first-order valence-electron chi connectivity index (χ1n) is 10.5. The Labute approximate surface area is 186 Å². The van der Waals surface area contributed by atoms with Crippen LogP contribution in [0, 0.1) is 12.7 Å².